The number of rotatable bonds is 3. The first-order valence-corrected chi connectivity index (χ1v) is 7.89. The molecule has 1 aliphatic rings. The molecule has 1 aromatic heterocycles. The van der Waals surface area contributed by atoms with E-state index in [2.05, 4.69) is 36.4 Å². The number of hydrogen-bond acceptors (Lipinski definition) is 2. The number of hydrogen-bond donors (Lipinski definition) is 1. The van der Waals surface area contributed by atoms with Gasteiger partial charge in [-0.3, -0.25) is 4.98 Å². The molecule has 108 valence electrons. The van der Waals surface area contributed by atoms with Crippen LogP contribution in [-0.2, 0) is 12.8 Å². The van der Waals surface area contributed by atoms with Crippen LogP contribution in [0.4, 0.5) is 5.69 Å². The summed E-state index contributed by atoms with van der Waals surface area (Å²) in [6.45, 7) is 2.96. The Morgan fingerprint density at radius 2 is 2.10 bits per heavy atom. The van der Waals surface area contributed by atoms with Crippen molar-refractivity contribution in [2.45, 2.75) is 45.4 Å². The number of pyridine rings is 1. The average Bonchev–Trinajstić information content (AvgIpc) is 2.72. The molecule has 2 nitrogen and oxygen atoms in total. The maximum Gasteiger partial charge on any atom is 0.0726 e. The van der Waals surface area contributed by atoms with Crippen LogP contribution in [0.5, 0.6) is 0 Å². The average molecular weight is 278 g/mol. The maximum absolute atomic E-state index is 5.39. The van der Waals surface area contributed by atoms with Gasteiger partial charge in [-0.25, -0.2) is 0 Å². The van der Waals surface area contributed by atoms with E-state index in [1.807, 2.05) is 0 Å². The second-order valence-corrected chi connectivity index (χ2v) is 5.87. The SMILES string of the molecule is C#CCCNc1c2c(nc3ccc(C)cc13)CCCCC2. The Bertz CT molecular complexity index is 695. The molecule has 0 bridgehead atoms. The molecule has 1 aromatic carbocycles. The third kappa shape index (κ3) is 2.88. The summed E-state index contributed by atoms with van der Waals surface area (Å²) < 4.78 is 0. The number of aryl methyl sites for hydroxylation is 2. The molecule has 0 spiro atoms. The van der Waals surface area contributed by atoms with Crippen molar-refractivity contribution >= 4 is 16.6 Å². The number of benzene rings is 1. The number of nitrogens with zero attached hydrogens (tertiary/aromatic N) is 1. The zero-order valence-electron chi connectivity index (χ0n) is 12.7. The van der Waals surface area contributed by atoms with Crippen molar-refractivity contribution in [2.24, 2.45) is 0 Å². The Morgan fingerprint density at radius 3 is 2.95 bits per heavy atom. The van der Waals surface area contributed by atoms with E-state index < -0.39 is 0 Å². The highest BCUT2D eigenvalue weighted by atomic mass is 14.9. The van der Waals surface area contributed by atoms with Crippen molar-refractivity contribution in [3.8, 4) is 12.3 Å². The van der Waals surface area contributed by atoms with Gasteiger partial charge in [0.25, 0.3) is 0 Å². The van der Waals surface area contributed by atoms with Crippen LogP contribution < -0.4 is 5.32 Å². The van der Waals surface area contributed by atoms with Gasteiger partial charge in [0.05, 0.1) is 5.52 Å². The van der Waals surface area contributed by atoms with Crippen LogP contribution in [0.1, 0.15) is 42.5 Å². The quantitative estimate of drug-likeness (QED) is 0.516. The van der Waals surface area contributed by atoms with E-state index in [0.717, 1.165) is 31.3 Å². The standard InChI is InChI=1S/C19H22N2/c1-3-4-12-20-19-15-8-6-5-7-9-17(15)21-18-11-10-14(2)13-16(18)19/h1,10-11,13H,4-9,12H2,2H3,(H,20,21). The van der Waals surface area contributed by atoms with Gasteiger partial charge in [0.2, 0.25) is 0 Å². The van der Waals surface area contributed by atoms with Crippen molar-refractivity contribution < 1.29 is 0 Å². The molecule has 0 saturated carbocycles. The van der Waals surface area contributed by atoms with Crippen molar-refractivity contribution in [3.05, 3.63) is 35.0 Å². The lowest BCUT2D eigenvalue weighted by Crippen LogP contribution is -2.08. The summed E-state index contributed by atoms with van der Waals surface area (Å²) in [5, 5.41) is 4.83. The number of fused-ring (bicyclic) bond motifs is 2. The fourth-order valence-electron chi connectivity index (χ4n) is 3.18. The molecule has 1 N–H and O–H groups in total. The predicted molar refractivity (Wildman–Crippen MR) is 89.7 cm³/mol. The molecule has 2 aromatic rings. The maximum atomic E-state index is 5.39. The summed E-state index contributed by atoms with van der Waals surface area (Å²) in [7, 11) is 0. The van der Waals surface area contributed by atoms with Crippen molar-refractivity contribution in [2.75, 3.05) is 11.9 Å². The third-order valence-corrected chi connectivity index (χ3v) is 4.24. The van der Waals surface area contributed by atoms with E-state index in [0.29, 0.717) is 0 Å². The fourth-order valence-corrected chi connectivity index (χ4v) is 3.18. The highest BCUT2D eigenvalue weighted by molar-refractivity contribution is 5.94. The first kappa shape index (κ1) is 13.9. The van der Waals surface area contributed by atoms with Gasteiger partial charge in [-0.2, -0.15) is 0 Å². The Hall–Kier alpha value is -2.01. The monoisotopic (exact) mass is 278 g/mol. The minimum atomic E-state index is 0.754. The van der Waals surface area contributed by atoms with Crippen molar-refractivity contribution in [1.82, 2.24) is 4.98 Å². The molecule has 0 saturated heterocycles. The molecule has 0 unspecified atom stereocenters. The minimum absolute atomic E-state index is 0.754. The van der Waals surface area contributed by atoms with Crippen LogP contribution in [0.15, 0.2) is 18.2 Å². The number of aromatic nitrogens is 1. The van der Waals surface area contributed by atoms with Gasteiger partial charge in [-0.1, -0.05) is 18.1 Å². The van der Waals surface area contributed by atoms with Crippen molar-refractivity contribution in [1.29, 1.82) is 0 Å². The van der Waals surface area contributed by atoms with E-state index in [1.165, 1.54) is 47.2 Å². The predicted octanol–water partition coefficient (Wildman–Crippen LogP) is 4.25. The lowest BCUT2D eigenvalue weighted by Gasteiger charge is -2.17. The van der Waals surface area contributed by atoms with Gasteiger partial charge in [0.1, 0.15) is 0 Å². The highest BCUT2D eigenvalue weighted by Gasteiger charge is 2.16. The topological polar surface area (TPSA) is 24.9 Å². The summed E-state index contributed by atoms with van der Waals surface area (Å²) in [5.74, 6) is 2.71. The smallest absolute Gasteiger partial charge is 0.0726 e. The van der Waals surface area contributed by atoms with E-state index in [4.69, 9.17) is 11.4 Å². The van der Waals surface area contributed by atoms with Crippen LogP contribution in [0.25, 0.3) is 10.9 Å². The molecule has 1 heterocycles. The van der Waals surface area contributed by atoms with Crippen LogP contribution in [0.2, 0.25) is 0 Å². The van der Waals surface area contributed by atoms with Crippen LogP contribution in [0, 0.1) is 19.3 Å². The number of anilines is 1. The highest BCUT2D eigenvalue weighted by Crippen LogP contribution is 2.33. The molecule has 0 radical (unpaired) electrons. The Labute approximate surface area is 127 Å². The second-order valence-electron chi connectivity index (χ2n) is 5.87. The van der Waals surface area contributed by atoms with Crippen molar-refractivity contribution in [3.63, 3.8) is 0 Å². The van der Waals surface area contributed by atoms with Gasteiger partial charge in [-0.05, 0) is 50.3 Å². The third-order valence-electron chi connectivity index (χ3n) is 4.24. The molecule has 3 rings (SSSR count). The Morgan fingerprint density at radius 1 is 1.24 bits per heavy atom. The molecule has 21 heavy (non-hydrogen) atoms. The fraction of sp³-hybridized carbons (Fsp3) is 0.421. The normalized spacial score (nSPS) is 14.3. The zero-order chi connectivity index (χ0) is 14.7. The number of nitrogens with one attached hydrogen (secondary N) is 1. The minimum Gasteiger partial charge on any atom is -0.383 e. The lowest BCUT2D eigenvalue weighted by molar-refractivity contribution is 0.709. The largest absolute Gasteiger partial charge is 0.383 e. The van der Waals surface area contributed by atoms with Gasteiger partial charge in [0, 0.05) is 29.7 Å². The van der Waals surface area contributed by atoms with Crippen LogP contribution in [-0.4, -0.2) is 11.5 Å². The van der Waals surface area contributed by atoms with Gasteiger partial charge in [-0.15, -0.1) is 12.3 Å². The van der Waals surface area contributed by atoms with Crippen LogP contribution in [0.3, 0.4) is 0 Å². The summed E-state index contributed by atoms with van der Waals surface area (Å²) in [5.41, 5.74) is 6.35. The lowest BCUT2D eigenvalue weighted by atomic mass is 10.0. The van der Waals surface area contributed by atoms with Crippen LogP contribution >= 0.6 is 0 Å². The van der Waals surface area contributed by atoms with E-state index in [1.54, 1.807) is 0 Å². The molecule has 0 fully saturated rings. The van der Waals surface area contributed by atoms with Gasteiger partial charge >= 0.3 is 0 Å². The number of terminal acetylenes is 1. The molecular formula is C19H22N2. The zero-order valence-corrected chi connectivity index (χ0v) is 12.7. The van der Waals surface area contributed by atoms with Gasteiger partial charge < -0.3 is 5.32 Å². The Balaban J connectivity index is 2.14. The molecule has 2 heteroatoms. The van der Waals surface area contributed by atoms with E-state index >= 15 is 0 Å². The molecular weight excluding hydrogens is 256 g/mol. The molecule has 0 atom stereocenters. The summed E-state index contributed by atoms with van der Waals surface area (Å²) in [6.07, 6.45) is 12.2. The first-order valence-electron chi connectivity index (χ1n) is 7.89. The molecule has 0 amide bonds. The van der Waals surface area contributed by atoms with E-state index in [-0.39, 0.29) is 0 Å². The van der Waals surface area contributed by atoms with Gasteiger partial charge in [0.15, 0.2) is 0 Å². The summed E-state index contributed by atoms with van der Waals surface area (Å²) >= 11 is 0. The summed E-state index contributed by atoms with van der Waals surface area (Å²) in [6, 6.07) is 6.53. The second kappa shape index (κ2) is 6.18. The molecule has 1 aliphatic carbocycles. The summed E-state index contributed by atoms with van der Waals surface area (Å²) in [4.78, 5) is 4.93. The Kier molecular flexibility index (Phi) is 4.10. The molecule has 0 aliphatic heterocycles. The first-order chi connectivity index (χ1) is 10.3. The van der Waals surface area contributed by atoms with E-state index in [9.17, 15) is 0 Å².